The molecule has 2 rings (SSSR count). The summed E-state index contributed by atoms with van der Waals surface area (Å²) in [5, 5.41) is 3.41. The van der Waals surface area contributed by atoms with E-state index in [1.165, 1.54) is 24.3 Å². The standard InChI is InChI=1S/C17H18ClF2N/c1-3-6-21-17(12-4-5-15(18)16(20)10-12)13-7-11(2)8-14(19)9-13/h4-5,7-10,17,21H,3,6H2,1-2H3. The van der Waals surface area contributed by atoms with Crippen LogP contribution < -0.4 is 5.32 Å². The molecule has 1 nitrogen and oxygen atoms in total. The summed E-state index contributed by atoms with van der Waals surface area (Å²) in [4.78, 5) is 0. The van der Waals surface area contributed by atoms with Gasteiger partial charge in [0.15, 0.2) is 0 Å². The van der Waals surface area contributed by atoms with E-state index in [4.69, 9.17) is 11.6 Å². The van der Waals surface area contributed by atoms with Crippen molar-refractivity contribution in [1.29, 1.82) is 0 Å². The van der Waals surface area contributed by atoms with Crippen molar-refractivity contribution in [3.05, 3.63) is 69.7 Å². The molecule has 0 bridgehead atoms. The highest BCUT2D eigenvalue weighted by Crippen LogP contribution is 2.26. The van der Waals surface area contributed by atoms with Crippen LogP contribution >= 0.6 is 11.6 Å². The van der Waals surface area contributed by atoms with Crippen LogP contribution in [0.25, 0.3) is 0 Å². The zero-order chi connectivity index (χ0) is 15.4. The molecule has 0 saturated carbocycles. The fraction of sp³-hybridized carbons (Fsp3) is 0.294. The molecule has 0 aromatic heterocycles. The monoisotopic (exact) mass is 309 g/mol. The first-order valence-corrected chi connectivity index (χ1v) is 7.34. The molecule has 4 heteroatoms. The Balaban J connectivity index is 2.43. The Bertz CT molecular complexity index is 608. The second kappa shape index (κ2) is 7.01. The van der Waals surface area contributed by atoms with E-state index in [-0.39, 0.29) is 16.9 Å². The zero-order valence-electron chi connectivity index (χ0n) is 12.1. The van der Waals surface area contributed by atoms with Gasteiger partial charge in [0.1, 0.15) is 11.6 Å². The molecule has 21 heavy (non-hydrogen) atoms. The van der Waals surface area contributed by atoms with Crippen molar-refractivity contribution in [2.75, 3.05) is 6.54 Å². The number of halogens is 3. The van der Waals surface area contributed by atoms with Crippen molar-refractivity contribution >= 4 is 11.6 Å². The largest absolute Gasteiger partial charge is 0.306 e. The predicted molar refractivity (Wildman–Crippen MR) is 82.7 cm³/mol. The molecule has 0 aliphatic heterocycles. The van der Waals surface area contributed by atoms with Crippen molar-refractivity contribution in [3.63, 3.8) is 0 Å². The summed E-state index contributed by atoms with van der Waals surface area (Å²) < 4.78 is 27.3. The molecule has 1 atom stereocenters. The molecule has 0 aliphatic rings. The maximum atomic E-state index is 13.7. The highest BCUT2D eigenvalue weighted by Gasteiger charge is 2.16. The molecule has 0 heterocycles. The van der Waals surface area contributed by atoms with Gasteiger partial charge in [0.05, 0.1) is 11.1 Å². The van der Waals surface area contributed by atoms with Crippen LogP contribution in [0.1, 0.15) is 36.1 Å². The second-order valence-electron chi connectivity index (χ2n) is 5.12. The van der Waals surface area contributed by atoms with E-state index < -0.39 is 5.82 Å². The van der Waals surface area contributed by atoms with Crippen LogP contribution in [0.4, 0.5) is 8.78 Å². The van der Waals surface area contributed by atoms with Gasteiger partial charge in [0.2, 0.25) is 0 Å². The lowest BCUT2D eigenvalue weighted by molar-refractivity contribution is 0.576. The summed E-state index contributed by atoms with van der Waals surface area (Å²) in [5.74, 6) is -0.756. The summed E-state index contributed by atoms with van der Waals surface area (Å²) in [5.41, 5.74) is 2.35. The van der Waals surface area contributed by atoms with Gasteiger partial charge in [-0.25, -0.2) is 8.78 Å². The third kappa shape index (κ3) is 4.02. The number of hydrogen-bond acceptors (Lipinski definition) is 1. The lowest BCUT2D eigenvalue weighted by Gasteiger charge is -2.20. The van der Waals surface area contributed by atoms with Gasteiger partial charge in [-0.05, 0) is 60.8 Å². The molecule has 1 unspecified atom stereocenters. The normalized spacial score (nSPS) is 12.4. The van der Waals surface area contributed by atoms with Crippen molar-refractivity contribution in [1.82, 2.24) is 5.32 Å². The van der Waals surface area contributed by atoms with E-state index in [2.05, 4.69) is 5.32 Å². The number of rotatable bonds is 5. The minimum Gasteiger partial charge on any atom is -0.306 e. The molecule has 0 saturated heterocycles. The first-order valence-electron chi connectivity index (χ1n) is 6.96. The van der Waals surface area contributed by atoms with Gasteiger partial charge in [-0.15, -0.1) is 0 Å². The molecule has 1 N–H and O–H groups in total. The minimum atomic E-state index is -0.467. The molecule has 0 spiro atoms. The van der Waals surface area contributed by atoms with E-state index in [1.807, 2.05) is 19.9 Å². The lowest BCUT2D eigenvalue weighted by Crippen LogP contribution is -2.23. The maximum Gasteiger partial charge on any atom is 0.142 e. The minimum absolute atomic E-state index is 0.0865. The Hall–Kier alpha value is -1.45. The van der Waals surface area contributed by atoms with Crippen LogP contribution in [0.15, 0.2) is 36.4 Å². The quantitative estimate of drug-likeness (QED) is 0.818. The van der Waals surface area contributed by atoms with Gasteiger partial charge < -0.3 is 5.32 Å². The summed E-state index contributed by atoms with van der Waals surface area (Å²) >= 11 is 5.73. The Morgan fingerprint density at radius 1 is 1.10 bits per heavy atom. The van der Waals surface area contributed by atoms with E-state index >= 15 is 0 Å². The van der Waals surface area contributed by atoms with Crippen LogP contribution in [0.2, 0.25) is 5.02 Å². The fourth-order valence-electron chi connectivity index (χ4n) is 2.34. The Morgan fingerprint density at radius 3 is 2.48 bits per heavy atom. The van der Waals surface area contributed by atoms with Crippen LogP contribution in [0.5, 0.6) is 0 Å². The van der Waals surface area contributed by atoms with E-state index in [9.17, 15) is 8.78 Å². The summed E-state index contributed by atoms with van der Waals surface area (Å²) in [7, 11) is 0. The Morgan fingerprint density at radius 2 is 1.86 bits per heavy atom. The molecule has 0 aliphatic carbocycles. The fourth-order valence-corrected chi connectivity index (χ4v) is 2.46. The van der Waals surface area contributed by atoms with Crippen LogP contribution in [0.3, 0.4) is 0 Å². The van der Waals surface area contributed by atoms with E-state index in [0.717, 1.165) is 29.7 Å². The van der Waals surface area contributed by atoms with Gasteiger partial charge >= 0.3 is 0 Å². The summed E-state index contributed by atoms with van der Waals surface area (Å²) in [6.07, 6.45) is 0.931. The average Bonchev–Trinajstić information content (AvgIpc) is 2.42. The molecule has 2 aromatic rings. The molecular weight excluding hydrogens is 292 g/mol. The van der Waals surface area contributed by atoms with Crippen molar-refractivity contribution in [3.8, 4) is 0 Å². The van der Waals surface area contributed by atoms with Gasteiger partial charge in [0, 0.05) is 0 Å². The van der Waals surface area contributed by atoms with Crippen molar-refractivity contribution < 1.29 is 8.78 Å². The van der Waals surface area contributed by atoms with Gasteiger partial charge in [-0.2, -0.15) is 0 Å². The Kier molecular flexibility index (Phi) is 5.32. The SMILES string of the molecule is CCCNC(c1cc(C)cc(F)c1)c1ccc(Cl)c(F)c1. The zero-order valence-corrected chi connectivity index (χ0v) is 12.8. The van der Waals surface area contributed by atoms with Gasteiger partial charge in [-0.1, -0.05) is 30.7 Å². The molecule has 0 fully saturated rings. The number of benzene rings is 2. The summed E-state index contributed by atoms with van der Waals surface area (Å²) in [6, 6.07) is 9.29. The summed E-state index contributed by atoms with van der Waals surface area (Å²) in [6.45, 7) is 4.64. The maximum absolute atomic E-state index is 13.7. The third-order valence-electron chi connectivity index (χ3n) is 3.27. The average molecular weight is 310 g/mol. The highest BCUT2D eigenvalue weighted by molar-refractivity contribution is 6.30. The molecule has 112 valence electrons. The van der Waals surface area contributed by atoms with E-state index in [1.54, 1.807) is 6.07 Å². The second-order valence-corrected chi connectivity index (χ2v) is 5.53. The Labute approximate surface area is 128 Å². The first-order chi connectivity index (χ1) is 10.0. The van der Waals surface area contributed by atoms with Crippen LogP contribution in [0, 0.1) is 18.6 Å². The van der Waals surface area contributed by atoms with Crippen molar-refractivity contribution in [2.24, 2.45) is 0 Å². The number of nitrogens with one attached hydrogen (secondary N) is 1. The topological polar surface area (TPSA) is 12.0 Å². The molecule has 0 radical (unpaired) electrons. The highest BCUT2D eigenvalue weighted by atomic mass is 35.5. The molecular formula is C17H18ClF2N. The lowest BCUT2D eigenvalue weighted by atomic mass is 9.97. The van der Waals surface area contributed by atoms with E-state index in [0.29, 0.717) is 0 Å². The molecule has 0 amide bonds. The number of aryl methyl sites for hydroxylation is 1. The third-order valence-corrected chi connectivity index (χ3v) is 3.58. The molecule has 2 aromatic carbocycles. The van der Waals surface area contributed by atoms with Crippen molar-refractivity contribution in [2.45, 2.75) is 26.3 Å². The predicted octanol–water partition coefficient (Wildman–Crippen LogP) is 5.02. The smallest absolute Gasteiger partial charge is 0.142 e. The number of hydrogen-bond donors (Lipinski definition) is 1. The van der Waals surface area contributed by atoms with Gasteiger partial charge in [-0.3, -0.25) is 0 Å². The van der Waals surface area contributed by atoms with Gasteiger partial charge in [0.25, 0.3) is 0 Å². The van der Waals surface area contributed by atoms with Crippen LogP contribution in [-0.4, -0.2) is 6.54 Å². The van der Waals surface area contributed by atoms with Crippen LogP contribution in [-0.2, 0) is 0 Å². The first kappa shape index (κ1) is 15.9.